The highest BCUT2D eigenvalue weighted by Crippen LogP contribution is 2.27. The third kappa shape index (κ3) is 2.10. The number of imidazole rings is 1. The second kappa shape index (κ2) is 4.65. The van der Waals surface area contributed by atoms with Crippen molar-refractivity contribution in [3.63, 3.8) is 0 Å². The first kappa shape index (κ1) is 12.2. The molecule has 2 aromatic rings. The number of morpholine rings is 1. The zero-order valence-electron chi connectivity index (χ0n) is 11.1. The monoisotopic (exact) mass is 262 g/mol. The maximum absolute atomic E-state index is 5.78. The molecule has 2 unspecified atom stereocenters. The zero-order valence-corrected chi connectivity index (χ0v) is 11.1. The van der Waals surface area contributed by atoms with E-state index < -0.39 is 0 Å². The Morgan fingerprint density at radius 1 is 1.53 bits per heavy atom. The van der Waals surface area contributed by atoms with Gasteiger partial charge in [-0.3, -0.25) is 0 Å². The second-order valence-electron chi connectivity index (χ2n) is 4.86. The first-order valence-corrected chi connectivity index (χ1v) is 6.54. The summed E-state index contributed by atoms with van der Waals surface area (Å²) in [4.78, 5) is 18.0. The fourth-order valence-electron chi connectivity index (χ4n) is 2.48. The molecule has 0 radical (unpaired) electrons. The summed E-state index contributed by atoms with van der Waals surface area (Å²) in [5, 5.41) is 0. The number of aromatic nitrogens is 4. The molecule has 1 aliphatic rings. The standard InChI is InChI=1S/C12H18N6O/c1-3-8-5-19-7(2)4-18(8)11-9-10(15-6-14-9)16-12(13)17-11/h6-8H,3-5H2,1-2H3,(H3,13,14,15,16,17). The largest absolute Gasteiger partial charge is 0.375 e. The van der Waals surface area contributed by atoms with Crippen LogP contribution in [0.2, 0.25) is 0 Å². The number of rotatable bonds is 2. The number of H-pyrrole nitrogens is 1. The molecule has 7 nitrogen and oxygen atoms in total. The number of aromatic amines is 1. The molecule has 0 aliphatic carbocycles. The van der Waals surface area contributed by atoms with Crippen molar-refractivity contribution in [3.05, 3.63) is 6.33 Å². The van der Waals surface area contributed by atoms with E-state index in [1.54, 1.807) is 6.33 Å². The summed E-state index contributed by atoms with van der Waals surface area (Å²) in [5.74, 6) is 1.07. The van der Waals surface area contributed by atoms with Crippen molar-refractivity contribution in [2.24, 2.45) is 0 Å². The molecule has 0 saturated carbocycles. The van der Waals surface area contributed by atoms with Crippen molar-refractivity contribution in [1.29, 1.82) is 0 Å². The van der Waals surface area contributed by atoms with Crippen LogP contribution in [-0.2, 0) is 4.74 Å². The molecule has 0 aromatic carbocycles. The van der Waals surface area contributed by atoms with Gasteiger partial charge >= 0.3 is 0 Å². The van der Waals surface area contributed by atoms with Crippen LogP contribution in [0.3, 0.4) is 0 Å². The van der Waals surface area contributed by atoms with Gasteiger partial charge in [-0.25, -0.2) is 4.98 Å². The third-order valence-electron chi connectivity index (χ3n) is 3.49. The minimum atomic E-state index is 0.178. The van der Waals surface area contributed by atoms with Gasteiger partial charge in [-0.2, -0.15) is 9.97 Å². The number of nitrogens with one attached hydrogen (secondary N) is 1. The summed E-state index contributed by atoms with van der Waals surface area (Å²) < 4.78 is 5.71. The molecule has 7 heteroatoms. The molecular weight excluding hydrogens is 244 g/mol. The van der Waals surface area contributed by atoms with Gasteiger partial charge in [0.25, 0.3) is 0 Å². The Morgan fingerprint density at radius 2 is 2.37 bits per heavy atom. The summed E-state index contributed by atoms with van der Waals surface area (Å²) in [6, 6.07) is 0.303. The Hall–Kier alpha value is -1.89. The molecule has 2 aromatic heterocycles. The molecule has 102 valence electrons. The van der Waals surface area contributed by atoms with Crippen LogP contribution in [0.1, 0.15) is 20.3 Å². The van der Waals surface area contributed by atoms with Crippen molar-refractivity contribution in [3.8, 4) is 0 Å². The Morgan fingerprint density at radius 3 is 3.16 bits per heavy atom. The average Bonchev–Trinajstić information content (AvgIpc) is 2.85. The van der Waals surface area contributed by atoms with Gasteiger partial charge in [-0.1, -0.05) is 6.92 Å². The highest BCUT2D eigenvalue weighted by Gasteiger charge is 2.28. The predicted octanol–water partition coefficient (Wildman–Crippen LogP) is 0.939. The van der Waals surface area contributed by atoms with Crippen LogP contribution in [0.25, 0.3) is 11.2 Å². The van der Waals surface area contributed by atoms with Gasteiger partial charge in [-0.05, 0) is 13.3 Å². The summed E-state index contributed by atoms with van der Waals surface area (Å²) >= 11 is 0. The van der Waals surface area contributed by atoms with E-state index in [9.17, 15) is 0 Å². The van der Waals surface area contributed by atoms with Crippen LogP contribution >= 0.6 is 0 Å². The van der Waals surface area contributed by atoms with Crippen LogP contribution in [0, 0.1) is 0 Å². The van der Waals surface area contributed by atoms with Crippen LogP contribution < -0.4 is 10.6 Å². The number of ether oxygens (including phenoxy) is 1. The number of nitrogen functional groups attached to an aromatic ring is 1. The molecule has 1 aliphatic heterocycles. The Labute approximate surface area is 111 Å². The lowest BCUT2D eigenvalue weighted by Gasteiger charge is -2.39. The lowest BCUT2D eigenvalue weighted by molar-refractivity contribution is 0.0297. The third-order valence-corrected chi connectivity index (χ3v) is 3.49. The Balaban J connectivity index is 2.08. The van der Waals surface area contributed by atoms with Gasteiger partial charge in [0.2, 0.25) is 5.95 Å². The van der Waals surface area contributed by atoms with E-state index in [4.69, 9.17) is 10.5 Å². The van der Waals surface area contributed by atoms with E-state index in [2.05, 4.69) is 38.7 Å². The quantitative estimate of drug-likeness (QED) is 0.836. The van der Waals surface area contributed by atoms with Gasteiger partial charge in [0.05, 0.1) is 25.1 Å². The second-order valence-corrected chi connectivity index (χ2v) is 4.86. The summed E-state index contributed by atoms with van der Waals surface area (Å²) in [5.41, 5.74) is 7.22. The van der Waals surface area contributed by atoms with Gasteiger partial charge in [0.15, 0.2) is 11.5 Å². The molecule has 1 saturated heterocycles. The van der Waals surface area contributed by atoms with E-state index in [1.165, 1.54) is 0 Å². The van der Waals surface area contributed by atoms with Crippen molar-refractivity contribution in [1.82, 2.24) is 19.9 Å². The van der Waals surface area contributed by atoms with E-state index in [1.807, 2.05) is 0 Å². The number of hydrogen-bond donors (Lipinski definition) is 2. The summed E-state index contributed by atoms with van der Waals surface area (Å²) in [6.07, 6.45) is 2.79. The van der Waals surface area contributed by atoms with Crippen LogP contribution in [0.5, 0.6) is 0 Å². The smallest absolute Gasteiger partial charge is 0.224 e. The van der Waals surface area contributed by atoms with Gasteiger partial charge < -0.3 is 20.4 Å². The van der Waals surface area contributed by atoms with Gasteiger partial charge in [0.1, 0.15) is 5.52 Å². The molecule has 3 heterocycles. The van der Waals surface area contributed by atoms with Crippen LogP contribution in [0.15, 0.2) is 6.33 Å². The molecule has 0 bridgehead atoms. The topological polar surface area (TPSA) is 92.9 Å². The molecular formula is C12H18N6O. The van der Waals surface area contributed by atoms with Gasteiger partial charge in [-0.15, -0.1) is 0 Å². The predicted molar refractivity (Wildman–Crippen MR) is 72.9 cm³/mol. The van der Waals surface area contributed by atoms with Crippen molar-refractivity contribution < 1.29 is 4.74 Å². The van der Waals surface area contributed by atoms with E-state index >= 15 is 0 Å². The van der Waals surface area contributed by atoms with E-state index in [0.717, 1.165) is 24.3 Å². The normalized spacial score (nSPS) is 24.0. The molecule has 0 amide bonds. The fourth-order valence-corrected chi connectivity index (χ4v) is 2.48. The number of nitrogens with two attached hydrogens (primary N) is 1. The number of nitrogens with zero attached hydrogens (tertiary/aromatic N) is 4. The van der Waals surface area contributed by atoms with E-state index in [0.29, 0.717) is 18.3 Å². The first-order valence-electron chi connectivity index (χ1n) is 6.54. The Kier molecular flexibility index (Phi) is 2.98. The highest BCUT2D eigenvalue weighted by atomic mass is 16.5. The van der Waals surface area contributed by atoms with E-state index in [-0.39, 0.29) is 12.1 Å². The molecule has 2 atom stereocenters. The van der Waals surface area contributed by atoms with Crippen LogP contribution in [0.4, 0.5) is 11.8 Å². The minimum absolute atomic E-state index is 0.178. The average molecular weight is 262 g/mol. The maximum atomic E-state index is 5.78. The van der Waals surface area contributed by atoms with Crippen molar-refractivity contribution >= 4 is 22.9 Å². The van der Waals surface area contributed by atoms with Crippen molar-refractivity contribution in [2.45, 2.75) is 32.4 Å². The number of hydrogen-bond acceptors (Lipinski definition) is 6. The molecule has 0 spiro atoms. The molecule has 1 fully saturated rings. The number of fused-ring (bicyclic) bond motifs is 1. The van der Waals surface area contributed by atoms with Crippen LogP contribution in [-0.4, -0.2) is 45.2 Å². The molecule has 3 rings (SSSR count). The first-order chi connectivity index (χ1) is 9.19. The SMILES string of the molecule is CCC1COC(C)CN1c1nc(N)nc2nc[nH]c12. The molecule has 3 N–H and O–H groups in total. The summed E-state index contributed by atoms with van der Waals surface area (Å²) in [7, 11) is 0. The highest BCUT2D eigenvalue weighted by molar-refractivity contribution is 5.84. The van der Waals surface area contributed by atoms with Crippen molar-refractivity contribution in [2.75, 3.05) is 23.8 Å². The maximum Gasteiger partial charge on any atom is 0.224 e. The summed E-state index contributed by atoms with van der Waals surface area (Å²) in [6.45, 7) is 5.71. The van der Waals surface area contributed by atoms with Gasteiger partial charge in [0, 0.05) is 6.54 Å². The Bertz CT molecular complexity index is 583. The minimum Gasteiger partial charge on any atom is -0.375 e. The lowest BCUT2D eigenvalue weighted by atomic mass is 10.1. The lowest BCUT2D eigenvalue weighted by Crippen LogP contribution is -2.49. The fraction of sp³-hybridized carbons (Fsp3) is 0.583. The molecule has 19 heavy (non-hydrogen) atoms. The zero-order chi connectivity index (χ0) is 13.4. The number of anilines is 2.